The highest BCUT2D eigenvalue weighted by molar-refractivity contribution is 5.89. The minimum Gasteiger partial charge on any atom is -0.495 e. The maximum absolute atomic E-state index is 10.9. The highest BCUT2D eigenvalue weighted by Gasteiger charge is 2.08. The second kappa shape index (κ2) is 5.81. The Morgan fingerprint density at radius 3 is 2.89 bits per heavy atom. The zero-order valence-corrected chi connectivity index (χ0v) is 10.3. The fourth-order valence-corrected chi connectivity index (χ4v) is 1.59. The summed E-state index contributed by atoms with van der Waals surface area (Å²) >= 11 is 0. The number of rotatable bonds is 5. The number of carbonyl (C=O) groups is 1. The van der Waals surface area contributed by atoms with Crippen LogP contribution in [0.1, 0.15) is 16.1 Å². The van der Waals surface area contributed by atoms with Gasteiger partial charge in [-0.1, -0.05) is 0 Å². The van der Waals surface area contributed by atoms with E-state index in [9.17, 15) is 4.79 Å². The van der Waals surface area contributed by atoms with Crippen LogP contribution in [0.5, 0.6) is 5.75 Å². The topological polar surface area (TPSA) is 84.3 Å². The number of nitrogens with zero attached hydrogens (tertiary/aromatic N) is 2. The predicted octanol–water partition coefficient (Wildman–Crippen LogP) is 1.80. The number of ether oxygens (including phenoxy) is 1. The second-order valence-corrected chi connectivity index (χ2v) is 3.77. The first-order valence-corrected chi connectivity index (χ1v) is 5.61. The number of nitrogens with one attached hydrogen (secondary N) is 1. The third-order valence-corrected chi connectivity index (χ3v) is 2.55. The SMILES string of the molecule is COc1ccc(C(=O)O)cc1NCc1ccncn1. The largest absolute Gasteiger partial charge is 0.495 e. The Balaban J connectivity index is 2.18. The van der Waals surface area contributed by atoms with Crippen LogP contribution in [0.2, 0.25) is 0 Å². The Hall–Kier alpha value is -2.63. The summed E-state index contributed by atoms with van der Waals surface area (Å²) in [6.07, 6.45) is 3.11. The third-order valence-electron chi connectivity index (χ3n) is 2.55. The van der Waals surface area contributed by atoms with E-state index in [2.05, 4.69) is 15.3 Å². The van der Waals surface area contributed by atoms with E-state index >= 15 is 0 Å². The highest BCUT2D eigenvalue weighted by atomic mass is 16.5. The van der Waals surface area contributed by atoms with Crippen LogP contribution in [0.25, 0.3) is 0 Å². The van der Waals surface area contributed by atoms with E-state index in [-0.39, 0.29) is 5.56 Å². The molecule has 19 heavy (non-hydrogen) atoms. The monoisotopic (exact) mass is 259 g/mol. The maximum Gasteiger partial charge on any atom is 0.335 e. The van der Waals surface area contributed by atoms with Crippen molar-refractivity contribution in [2.45, 2.75) is 6.54 Å². The van der Waals surface area contributed by atoms with Crippen LogP contribution in [-0.4, -0.2) is 28.2 Å². The average molecular weight is 259 g/mol. The van der Waals surface area contributed by atoms with Gasteiger partial charge in [-0.05, 0) is 24.3 Å². The molecule has 0 spiro atoms. The fourth-order valence-electron chi connectivity index (χ4n) is 1.59. The molecule has 0 atom stereocenters. The van der Waals surface area contributed by atoms with Gasteiger partial charge in [0.1, 0.15) is 12.1 Å². The quantitative estimate of drug-likeness (QED) is 0.851. The molecule has 0 saturated carbocycles. The summed E-state index contributed by atoms with van der Waals surface area (Å²) < 4.78 is 5.18. The maximum atomic E-state index is 10.9. The average Bonchev–Trinajstić information content (AvgIpc) is 2.45. The normalized spacial score (nSPS) is 9.95. The van der Waals surface area contributed by atoms with E-state index in [0.29, 0.717) is 18.0 Å². The summed E-state index contributed by atoms with van der Waals surface area (Å²) in [5, 5.41) is 12.1. The van der Waals surface area contributed by atoms with Crippen molar-refractivity contribution in [3.63, 3.8) is 0 Å². The van der Waals surface area contributed by atoms with Gasteiger partial charge in [0, 0.05) is 6.20 Å². The molecule has 2 aromatic rings. The Morgan fingerprint density at radius 2 is 2.26 bits per heavy atom. The molecule has 0 fully saturated rings. The predicted molar refractivity (Wildman–Crippen MR) is 69.3 cm³/mol. The molecule has 0 saturated heterocycles. The molecule has 2 rings (SSSR count). The molecule has 0 unspecified atom stereocenters. The molecule has 0 aliphatic carbocycles. The van der Waals surface area contributed by atoms with Gasteiger partial charge in [-0.15, -0.1) is 0 Å². The van der Waals surface area contributed by atoms with Crippen molar-refractivity contribution in [2.24, 2.45) is 0 Å². The van der Waals surface area contributed by atoms with E-state index < -0.39 is 5.97 Å². The molecule has 0 radical (unpaired) electrons. The number of hydrogen-bond acceptors (Lipinski definition) is 5. The third kappa shape index (κ3) is 3.19. The number of anilines is 1. The molecule has 6 heteroatoms. The fraction of sp³-hybridized carbons (Fsp3) is 0.154. The number of aromatic nitrogens is 2. The molecule has 98 valence electrons. The van der Waals surface area contributed by atoms with Crippen molar-refractivity contribution >= 4 is 11.7 Å². The molecule has 6 nitrogen and oxygen atoms in total. The number of benzene rings is 1. The zero-order valence-electron chi connectivity index (χ0n) is 10.3. The van der Waals surface area contributed by atoms with Crippen molar-refractivity contribution in [2.75, 3.05) is 12.4 Å². The first-order valence-electron chi connectivity index (χ1n) is 5.61. The van der Waals surface area contributed by atoms with Crippen LogP contribution >= 0.6 is 0 Å². The van der Waals surface area contributed by atoms with Crippen molar-refractivity contribution in [1.82, 2.24) is 9.97 Å². The van der Waals surface area contributed by atoms with Gasteiger partial charge in [0.2, 0.25) is 0 Å². The molecule has 2 N–H and O–H groups in total. The van der Waals surface area contributed by atoms with E-state index in [1.54, 1.807) is 18.3 Å². The van der Waals surface area contributed by atoms with E-state index in [1.807, 2.05) is 0 Å². The van der Waals surface area contributed by atoms with E-state index in [1.165, 1.54) is 25.6 Å². The summed E-state index contributed by atoms with van der Waals surface area (Å²) in [6.45, 7) is 0.460. The van der Waals surface area contributed by atoms with Gasteiger partial charge >= 0.3 is 5.97 Å². The molecule has 0 bridgehead atoms. The highest BCUT2D eigenvalue weighted by Crippen LogP contribution is 2.25. The van der Waals surface area contributed by atoms with Crippen LogP contribution in [0.4, 0.5) is 5.69 Å². The summed E-state index contributed by atoms with van der Waals surface area (Å²) in [5.74, 6) is -0.396. The lowest BCUT2D eigenvalue weighted by Gasteiger charge is -2.11. The van der Waals surface area contributed by atoms with E-state index in [4.69, 9.17) is 9.84 Å². The van der Waals surface area contributed by atoms with Gasteiger partial charge in [-0.25, -0.2) is 14.8 Å². The molecular weight excluding hydrogens is 246 g/mol. The Labute approximate surface area is 110 Å². The number of carboxylic acid groups (broad SMARTS) is 1. The van der Waals surface area contributed by atoms with Gasteiger partial charge in [0.15, 0.2) is 0 Å². The standard InChI is InChI=1S/C13H13N3O3/c1-19-12-3-2-9(13(17)18)6-11(12)15-7-10-4-5-14-8-16-10/h2-6,8,15H,7H2,1H3,(H,17,18). The first kappa shape index (κ1) is 12.8. The van der Waals surface area contributed by atoms with Crippen molar-refractivity contribution in [3.05, 3.63) is 48.0 Å². The molecule has 1 heterocycles. The van der Waals surface area contributed by atoms with Crippen molar-refractivity contribution in [1.29, 1.82) is 0 Å². The van der Waals surface area contributed by atoms with Crippen molar-refractivity contribution in [3.8, 4) is 5.75 Å². The Kier molecular flexibility index (Phi) is 3.92. The van der Waals surface area contributed by atoms with Gasteiger partial charge in [0.05, 0.1) is 30.6 Å². The summed E-state index contributed by atoms with van der Waals surface area (Å²) in [4.78, 5) is 18.8. The lowest BCUT2D eigenvalue weighted by molar-refractivity contribution is 0.0697. The summed E-state index contributed by atoms with van der Waals surface area (Å²) in [7, 11) is 1.53. The van der Waals surface area contributed by atoms with Gasteiger partial charge in [0.25, 0.3) is 0 Å². The van der Waals surface area contributed by atoms with Crippen LogP contribution in [-0.2, 0) is 6.54 Å². The van der Waals surface area contributed by atoms with Gasteiger partial charge in [-0.2, -0.15) is 0 Å². The summed E-state index contributed by atoms with van der Waals surface area (Å²) in [5.41, 5.74) is 1.62. The lowest BCUT2D eigenvalue weighted by atomic mass is 10.2. The van der Waals surface area contributed by atoms with Crippen LogP contribution in [0, 0.1) is 0 Å². The number of methoxy groups -OCH3 is 1. The minimum atomic E-state index is -0.979. The van der Waals surface area contributed by atoms with Crippen LogP contribution in [0.15, 0.2) is 36.8 Å². The number of aromatic carboxylic acids is 1. The lowest BCUT2D eigenvalue weighted by Crippen LogP contribution is -2.05. The van der Waals surface area contributed by atoms with Crippen LogP contribution < -0.4 is 10.1 Å². The molecule has 1 aromatic carbocycles. The summed E-state index contributed by atoms with van der Waals surface area (Å²) in [6, 6.07) is 6.42. The molecular formula is C13H13N3O3. The number of hydrogen-bond donors (Lipinski definition) is 2. The Bertz CT molecular complexity index is 573. The van der Waals surface area contributed by atoms with E-state index in [0.717, 1.165) is 5.69 Å². The first-order chi connectivity index (χ1) is 9.20. The second-order valence-electron chi connectivity index (χ2n) is 3.77. The molecule has 0 aliphatic rings. The zero-order chi connectivity index (χ0) is 13.7. The molecule has 0 aliphatic heterocycles. The van der Waals surface area contributed by atoms with Crippen molar-refractivity contribution < 1.29 is 14.6 Å². The molecule has 1 aromatic heterocycles. The smallest absolute Gasteiger partial charge is 0.335 e. The minimum absolute atomic E-state index is 0.200. The number of carboxylic acids is 1. The van der Waals surface area contributed by atoms with Gasteiger partial charge < -0.3 is 15.2 Å². The molecule has 0 amide bonds. The van der Waals surface area contributed by atoms with Crippen LogP contribution in [0.3, 0.4) is 0 Å². The Morgan fingerprint density at radius 1 is 1.42 bits per heavy atom. The van der Waals surface area contributed by atoms with Gasteiger partial charge in [-0.3, -0.25) is 0 Å².